The third kappa shape index (κ3) is 2.59. The maximum Gasteiger partial charge on any atom is 0.312 e. The largest absolute Gasteiger partial charge is 0.379 e. The van der Waals surface area contributed by atoms with E-state index in [-0.39, 0.29) is 0 Å². The molecule has 80 valence electrons. The summed E-state index contributed by atoms with van der Waals surface area (Å²) in [7, 11) is 0. The summed E-state index contributed by atoms with van der Waals surface area (Å²) in [5, 5.41) is 2.74. The summed E-state index contributed by atoms with van der Waals surface area (Å²) < 4.78 is 5.26. The third-order valence-corrected chi connectivity index (χ3v) is 2.85. The number of hydrogen-bond donors (Lipinski definition) is 2. The van der Waals surface area contributed by atoms with Gasteiger partial charge in [0.2, 0.25) is 0 Å². The molecule has 5 nitrogen and oxygen atoms in total. The van der Waals surface area contributed by atoms with Crippen molar-refractivity contribution in [3.05, 3.63) is 0 Å². The van der Waals surface area contributed by atoms with Gasteiger partial charge in [0.05, 0.1) is 13.2 Å². The van der Waals surface area contributed by atoms with Crippen molar-refractivity contribution >= 4 is 6.03 Å². The van der Waals surface area contributed by atoms with Crippen molar-refractivity contribution < 1.29 is 9.53 Å². The molecule has 1 heterocycles. The van der Waals surface area contributed by atoms with E-state index in [1.165, 1.54) is 0 Å². The van der Waals surface area contributed by atoms with Crippen LogP contribution in [0.1, 0.15) is 6.42 Å². The van der Waals surface area contributed by atoms with Crippen LogP contribution in [0.4, 0.5) is 4.79 Å². The monoisotopic (exact) mass is 199 g/mol. The molecule has 0 bridgehead atoms. The number of carbonyl (C=O) groups excluding carboxylic acids is 1. The van der Waals surface area contributed by atoms with Gasteiger partial charge in [0.1, 0.15) is 0 Å². The smallest absolute Gasteiger partial charge is 0.312 e. The molecule has 1 saturated carbocycles. The summed E-state index contributed by atoms with van der Waals surface area (Å²) in [5.74, 6) is 0.598. The molecule has 2 aliphatic rings. The minimum atomic E-state index is -0.403. The van der Waals surface area contributed by atoms with Gasteiger partial charge < -0.3 is 15.8 Å². The van der Waals surface area contributed by atoms with E-state index < -0.39 is 6.03 Å². The second kappa shape index (κ2) is 4.14. The quantitative estimate of drug-likeness (QED) is 0.636. The molecule has 2 rings (SSSR count). The van der Waals surface area contributed by atoms with Crippen LogP contribution in [-0.2, 0) is 4.74 Å². The number of morpholine rings is 1. The summed E-state index contributed by atoms with van der Waals surface area (Å²) in [4.78, 5) is 13.0. The second-order valence-electron chi connectivity index (χ2n) is 4.02. The zero-order valence-electron chi connectivity index (χ0n) is 8.24. The van der Waals surface area contributed by atoms with Gasteiger partial charge in [-0.25, -0.2) is 4.79 Å². The molecule has 1 saturated heterocycles. The molecule has 1 aliphatic heterocycles. The number of amides is 2. The molecule has 2 fully saturated rings. The van der Waals surface area contributed by atoms with Gasteiger partial charge in [-0.3, -0.25) is 4.90 Å². The number of urea groups is 1. The van der Waals surface area contributed by atoms with Gasteiger partial charge in [-0.05, 0) is 12.3 Å². The molecular weight excluding hydrogens is 182 g/mol. The molecule has 0 aromatic rings. The number of ether oxygens (including phenoxy) is 1. The highest BCUT2D eigenvalue weighted by atomic mass is 16.5. The lowest BCUT2D eigenvalue weighted by molar-refractivity contribution is 0.0354. The maximum atomic E-state index is 10.6. The van der Waals surface area contributed by atoms with Crippen LogP contribution in [0.25, 0.3) is 0 Å². The average molecular weight is 199 g/mol. The minimum Gasteiger partial charge on any atom is -0.379 e. The lowest BCUT2D eigenvalue weighted by Crippen LogP contribution is -2.39. The van der Waals surface area contributed by atoms with Crippen molar-refractivity contribution in [2.45, 2.75) is 12.5 Å². The van der Waals surface area contributed by atoms with Crippen LogP contribution >= 0.6 is 0 Å². The Morgan fingerprint density at radius 3 is 2.86 bits per heavy atom. The summed E-state index contributed by atoms with van der Waals surface area (Å²) in [6.45, 7) is 4.76. The molecule has 2 amide bonds. The summed E-state index contributed by atoms with van der Waals surface area (Å²) in [6.07, 6.45) is 1.07. The van der Waals surface area contributed by atoms with Crippen LogP contribution in [0, 0.1) is 5.92 Å². The molecule has 5 heteroatoms. The first-order valence-electron chi connectivity index (χ1n) is 5.12. The molecule has 0 radical (unpaired) electrons. The topological polar surface area (TPSA) is 67.6 Å². The van der Waals surface area contributed by atoms with Crippen LogP contribution in [0.3, 0.4) is 0 Å². The average Bonchev–Trinajstić information content (AvgIpc) is 2.84. The SMILES string of the molecule is NC(=O)N[C@H]1C[C@@H]1CN1CCOCC1. The first-order chi connectivity index (χ1) is 6.75. The minimum absolute atomic E-state index is 0.315. The molecule has 0 aromatic carbocycles. The highest BCUT2D eigenvalue weighted by Crippen LogP contribution is 2.31. The van der Waals surface area contributed by atoms with Crippen molar-refractivity contribution in [1.29, 1.82) is 0 Å². The first kappa shape index (κ1) is 9.73. The van der Waals surface area contributed by atoms with E-state index in [1.54, 1.807) is 0 Å². The Labute approximate surface area is 83.6 Å². The number of nitrogens with two attached hydrogens (primary N) is 1. The fourth-order valence-electron chi connectivity index (χ4n) is 1.92. The number of rotatable bonds is 3. The van der Waals surface area contributed by atoms with E-state index in [0.29, 0.717) is 12.0 Å². The van der Waals surface area contributed by atoms with Crippen molar-refractivity contribution in [1.82, 2.24) is 10.2 Å². The van der Waals surface area contributed by atoms with Crippen molar-refractivity contribution in [3.8, 4) is 0 Å². The van der Waals surface area contributed by atoms with Gasteiger partial charge in [0, 0.05) is 25.7 Å². The molecule has 1 aliphatic carbocycles. The molecule has 14 heavy (non-hydrogen) atoms. The predicted octanol–water partition coefficient (Wildman–Crippen LogP) is -0.625. The summed E-state index contributed by atoms with van der Waals surface area (Å²) >= 11 is 0. The third-order valence-electron chi connectivity index (χ3n) is 2.85. The Hall–Kier alpha value is -0.810. The van der Waals surface area contributed by atoms with Gasteiger partial charge in [-0.1, -0.05) is 0 Å². The highest BCUT2D eigenvalue weighted by Gasteiger charge is 2.39. The Morgan fingerprint density at radius 1 is 1.50 bits per heavy atom. The lowest BCUT2D eigenvalue weighted by atomic mass is 10.3. The number of nitrogens with zero attached hydrogens (tertiary/aromatic N) is 1. The van der Waals surface area contributed by atoms with Gasteiger partial charge in [-0.2, -0.15) is 0 Å². The normalized spacial score (nSPS) is 32.6. The van der Waals surface area contributed by atoms with E-state index in [2.05, 4.69) is 10.2 Å². The number of hydrogen-bond acceptors (Lipinski definition) is 3. The molecule has 0 spiro atoms. The highest BCUT2D eigenvalue weighted by molar-refractivity contribution is 5.72. The predicted molar refractivity (Wildman–Crippen MR) is 51.9 cm³/mol. The zero-order valence-corrected chi connectivity index (χ0v) is 8.24. The van der Waals surface area contributed by atoms with E-state index in [9.17, 15) is 4.79 Å². The maximum absolute atomic E-state index is 10.6. The lowest BCUT2D eigenvalue weighted by Gasteiger charge is -2.26. The van der Waals surface area contributed by atoms with E-state index in [1.807, 2.05) is 0 Å². The number of carbonyl (C=O) groups is 1. The van der Waals surface area contributed by atoms with Crippen molar-refractivity contribution in [2.75, 3.05) is 32.8 Å². The molecule has 2 atom stereocenters. The van der Waals surface area contributed by atoms with Crippen LogP contribution in [0.2, 0.25) is 0 Å². The van der Waals surface area contributed by atoms with Gasteiger partial charge in [0.15, 0.2) is 0 Å². The van der Waals surface area contributed by atoms with Crippen molar-refractivity contribution in [2.24, 2.45) is 11.7 Å². The van der Waals surface area contributed by atoms with Crippen LogP contribution in [-0.4, -0.2) is 49.8 Å². The Morgan fingerprint density at radius 2 is 2.21 bits per heavy atom. The Balaban J connectivity index is 1.65. The molecular formula is C9H17N3O2. The Kier molecular flexibility index (Phi) is 2.88. The molecule has 0 unspecified atom stereocenters. The first-order valence-corrected chi connectivity index (χ1v) is 5.12. The van der Waals surface area contributed by atoms with Gasteiger partial charge >= 0.3 is 6.03 Å². The summed E-state index contributed by atoms with van der Waals surface area (Å²) in [5.41, 5.74) is 5.05. The fraction of sp³-hybridized carbons (Fsp3) is 0.889. The zero-order chi connectivity index (χ0) is 9.97. The van der Waals surface area contributed by atoms with Crippen LogP contribution in [0.5, 0.6) is 0 Å². The Bertz CT molecular complexity index is 216. The van der Waals surface area contributed by atoms with E-state index in [0.717, 1.165) is 39.3 Å². The van der Waals surface area contributed by atoms with Gasteiger partial charge in [0.25, 0.3) is 0 Å². The van der Waals surface area contributed by atoms with Gasteiger partial charge in [-0.15, -0.1) is 0 Å². The molecule has 0 aromatic heterocycles. The standard InChI is InChI=1S/C9H17N3O2/c10-9(13)11-8-5-7(8)6-12-1-3-14-4-2-12/h7-8H,1-6H2,(H3,10,11,13)/t7-,8+/m1/s1. The number of nitrogens with one attached hydrogen (secondary N) is 1. The molecule has 3 N–H and O–H groups in total. The number of primary amides is 1. The van der Waals surface area contributed by atoms with E-state index >= 15 is 0 Å². The second-order valence-corrected chi connectivity index (χ2v) is 4.02. The van der Waals surface area contributed by atoms with Crippen LogP contribution < -0.4 is 11.1 Å². The van der Waals surface area contributed by atoms with Crippen molar-refractivity contribution in [3.63, 3.8) is 0 Å². The summed E-state index contributed by atoms with van der Waals surface area (Å²) in [6, 6.07) is -0.0881. The van der Waals surface area contributed by atoms with Crippen LogP contribution in [0.15, 0.2) is 0 Å². The van der Waals surface area contributed by atoms with E-state index in [4.69, 9.17) is 10.5 Å². The fourth-order valence-corrected chi connectivity index (χ4v) is 1.92.